The monoisotopic (exact) mass is 1610 g/mol. The molecule has 111 heavy (non-hydrogen) atoms. The van der Waals surface area contributed by atoms with Crippen LogP contribution in [0.2, 0.25) is 0 Å². The van der Waals surface area contributed by atoms with Crippen LogP contribution in [-0.2, 0) is 26.1 Å². The largest absolute Gasteiger partial charge is 1.00 e. The van der Waals surface area contributed by atoms with E-state index in [0.717, 1.165) is 53.5 Å². The molecule has 0 spiro atoms. The number of fused-ring (bicyclic) bond motifs is 1. The number of unbranched alkanes of at least 4 members (excludes halogenated alkanes) is 4. The SMILES string of the molecule is CCCCCCCOC(=O)c1cc[n+](OC)c2ccccc12.CO[n+]1ccc(-c2cccc(C)c2)cc1.COc1ccc(O[n+]2ccc(C#N)cc2)cc1.FB(F)F.F[P-](F)(F)(F)(F)F.N#Cc1cc[n+](OCCCc2ccccc2)cc1.O=C([O-])C(F)(F)F.O=S(=O)([O-])CCCO[n+]1ccc(-c2ccccc2)cc1.[F-]. The zero-order chi connectivity index (χ0) is 81.7. The molecule has 5 aromatic carbocycles. The maximum absolute atomic E-state index is 12.3. The van der Waals surface area contributed by atoms with Crippen molar-refractivity contribution >= 4 is 48.3 Å². The van der Waals surface area contributed by atoms with Crippen molar-refractivity contribution < 1.29 is 141 Å². The minimum Gasteiger partial charge on any atom is -1.00 e. The number of aliphatic carboxylic acids is 1. The molecule has 0 amide bonds. The Morgan fingerprint density at radius 1 is 0.532 bits per heavy atom. The number of ether oxygens (including phenoxy) is 2. The Bertz CT molecular complexity index is 4550. The quantitative estimate of drug-likeness (QED) is 0.0104. The average Bonchev–Trinajstić information content (AvgIpc) is 0.790. The molecule has 0 fully saturated rings. The van der Waals surface area contributed by atoms with Gasteiger partial charge in [0, 0.05) is 96.5 Å². The maximum atomic E-state index is 12.3. The molecule has 0 saturated heterocycles. The van der Waals surface area contributed by atoms with Crippen LogP contribution >= 0.6 is 7.81 Å². The second-order valence-corrected chi connectivity index (χ2v) is 25.8. The Labute approximate surface area is 633 Å². The number of nitriles is 2. The standard InChI is InChI=1S/C18H24NO3.C15H15N2O.C14H15NO4S.C13H11N2O2.C13H14NO.C2HF3O2.BF3.F6P.FH/c1-3-4-5-6-9-14-22-18(20)16-12-13-19(21-2)17-11-8-7-10-15(16)17;16-13-15-8-10-17(11-9-15)18-12-4-7-14-5-2-1-3-6-14;16-20(17,18)12-4-11-19-15-9-7-14(8-10-15)13-5-2-1-3-6-13;1-16-12-2-4-13(5-3-12)17-15-8-6-11(10-14)7-9-15;1-11-4-3-5-13(10-11)12-6-8-14(15-2)9-7-12;3-2(4,5)1(6)7;2-1(3)4;1-7(2,3,4,5)6;/h7-8,10-13H,3-6,9,14H2,1-2H3;1-3,5-6,8-11H,4,7,12H2;1-3,5-10H,4,11-12H2;2-9H,1H3;3-10H,1-2H3;(H,6,7);;;1H/q2*+1;;2*+1;;;-1;/p-2. The zero-order valence-corrected chi connectivity index (χ0v) is 62.1. The molecule has 0 N–H and O–H groups in total. The van der Waals surface area contributed by atoms with Crippen LogP contribution < -0.4 is 62.4 Å². The fourth-order valence-corrected chi connectivity index (χ4v) is 9.21. The van der Waals surface area contributed by atoms with Crippen LogP contribution in [-0.4, -0.2) is 85.5 Å². The third kappa shape index (κ3) is 44.4. The summed E-state index contributed by atoms with van der Waals surface area (Å²) in [5, 5.41) is 27.0. The van der Waals surface area contributed by atoms with Crippen molar-refractivity contribution in [3.8, 4) is 45.9 Å². The molecular formula is C75H79BF13N7O13PS+. The third-order valence-electron chi connectivity index (χ3n) is 13.8. The summed E-state index contributed by atoms with van der Waals surface area (Å²) >= 11 is 0. The molecule has 0 atom stereocenters. The Kier molecular flexibility index (Phi) is 41.2. The number of hydrogen-bond donors (Lipinski definition) is 0. The van der Waals surface area contributed by atoms with Crippen LogP contribution in [0.1, 0.15) is 84.5 Å². The number of aromatic nitrogens is 5. The first-order valence-corrected chi connectivity index (χ1v) is 36.6. The van der Waals surface area contributed by atoms with Gasteiger partial charge < -0.3 is 28.6 Å². The summed E-state index contributed by atoms with van der Waals surface area (Å²) in [4.78, 5) is 47.7. The van der Waals surface area contributed by atoms with Gasteiger partial charge in [0.15, 0.2) is 13.2 Å². The van der Waals surface area contributed by atoms with Gasteiger partial charge in [0.05, 0.1) is 58.0 Å². The van der Waals surface area contributed by atoms with E-state index in [0.29, 0.717) is 35.7 Å². The van der Waals surface area contributed by atoms with E-state index in [1.165, 1.54) is 51.0 Å². The second kappa shape index (κ2) is 48.0. The molecule has 0 bridgehead atoms. The number of carbonyl (C=O) groups is 2. The summed E-state index contributed by atoms with van der Waals surface area (Å²) in [6, 6.07) is 64.2. The summed E-state index contributed by atoms with van der Waals surface area (Å²) < 4.78 is 169. The van der Waals surface area contributed by atoms with E-state index < -0.39 is 43.4 Å². The number of benzene rings is 5. The summed E-state index contributed by atoms with van der Waals surface area (Å²) in [6.45, 7) is 5.60. The van der Waals surface area contributed by atoms with Crippen molar-refractivity contribution in [3.05, 3.63) is 272 Å². The number of carboxylic acid groups (broad SMARTS) is 1. The van der Waals surface area contributed by atoms with Crippen LogP contribution in [0.4, 0.5) is 51.3 Å². The van der Waals surface area contributed by atoms with Crippen LogP contribution in [0.15, 0.2) is 244 Å². The number of hydrogen-bond acceptors (Lipinski definition) is 15. The Morgan fingerprint density at radius 3 is 1.45 bits per heavy atom. The van der Waals surface area contributed by atoms with Gasteiger partial charge in [-0.3, -0.25) is 32.3 Å². The van der Waals surface area contributed by atoms with E-state index in [1.54, 1.807) is 109 Å². The molecule has 5 aromatic heterocycles. The average molecular weight is 1610 g/mol. The van der Waals surface area contributed by atoms with Gasteiger partial charge >= 0.3 is 52.7 Å². The number of rotatable bonds is 24. The first kappa shape index (κ1) is 95.4. The molecule has 0 saturated carbocycles. The predicted molar refractivity (Wildman–Crippen MR) is 379 cm³/mol. The molecule has 5 heterocycles. The number of pyridine rings is 5. The molecular weight excluding hydrogens is 1530 g/mol. The number of esters is 1. The van der Waals surface area contributed by atoms with E-state index >= 15 is 0 Å². The number of carbonyl (C=O) groups excluding carboxylic acids is 2. The van der Waals surface area contributed by atoms with Gasteiger partial charge in [-0.05, 0) is 84.3 Å². The van der Waals surface area contributed by atoms with E-state index in [1.807, 2.05) is 140 Å². The van der Waals surface area contributed by atoms with Gasteiger partial charge in [0.25, 0.3) is 5.52 Å². The van der Waals surface area contributed by atoms with Crippen molar-refractivity contribution in [2.75, 3.05) is 46.9 Å². The third-order valence-corrected chi connectivity index (χ3v) is 14.6. The number of para-hydroxylation sites is 1. The molecule has 0 radical (unpaired) electrons. The molecule has 0 aliphatic heterocycles. The molecule has 20 nitrogen and oxygen atoms in total. The van der Waals surface area contributed by atoms with Gasteiger partial charge in [-0.2, -0.15) is 23.7 Å². The molecule has 10 aromatic rings. The van der Waals surface area contributed by atoms with E-state index in [-0.39, 0.29) is 23.7 Å². The number of carboxylic acids is 1. The number of halogens is 13. The van der Waals surface area contributed by atoms with Crippen molar-refractivity contribution in [1.82, 2.24) is 0 Å². The number of methoxy groups -OCH3 is 1. The van der Waals surface area contributed by atoms with Crippen molar-refractivity contribution in [1.29, 1.82) is 10.5 Å². The van der Waals surface area contributed by atoms with Crippen molar-refractivity contribution in [2.45, 2.75) is 71.4 Å². The summed E-state index contributed by atoms with van der Waals surface area (Å²) in [6.07, 6.45) is 18.6. The van der Waals surface area contributed by atoms with Crippen LogP contribution in [0.5, 0.6) is 11.5 Å². The fraction of sp³-hybridized carbons (Fsp3) is 0.240. The van der Waals surface area contributed by atoms with Crippen molar-refractivity contribution in [3.63, 3.8) is 0 Å². The van der Waals surface area contributed by atoms with Crippen LogP contribution in [0.25, 0.3) is 33.2 Å². The predicted octanol–water partition coefficient (Wildman–Crippen LogP) is 10.5. The minimum atomic E-state index is -10.7. The second-order valence-electron chi connectivity index (χ2n) is 22.4. The fourth-order valence-electron chi connectivity index (χ4n) is 8.74. The van der Waals surface area contributed by atoms with Gasteiger partial charge in [0.1, 0.15) is 25.9 Å². The minimum absolute atomic E-state index is 0. The van der Waals surface area contributed by atoms with E-state index in [2.05, 4.69) is 56.3 Å². The first-order chi connectivity index (χ1) is 51.9. The molecule has 596 valence electrons. The summed E-state index contributed by atoms with van der Waals surface area (Å²) in [7, 11) is -13.6. The topological polar surface area (TPSA) is 246 Å². The maximum Gasteiger partial charge on any atom is 0.430 e. The smallest absolute Gasteiger partial charge is 0.430 e. The zero-order valence-electron chi connectivity index (χ0n) is 60.4. The Balaban J connectivity index is 0.000000446. The molecule has 0 aliphatic rings. The molecule has 0 unspecified atom stereocenters. The Morgan fingerprint density at radius 2 is 0.973 bits per heavy atom. The van der Waals surface area contributed by atoms with E-state index in [4.69, 9.17) is 54.1 Å². The summed E-state index contributed by atoms with van der Waals surface area (Å²) in [5.74, 6) is -2.21. The molecule has 0 aliphatic carbocycles. The first-order valence-electron chi connectivity index (χ1n) is 32.9. The number of aryl methyl sites for hydroxylation is 2. The van der Waals surface area contributed by atoms with Crippen molar-refractivity contribution in [2.24, 2.45) is 0 Å². The number of alkyl halides is 3. The molecule has 10 rings (SSSR count). The number of nitrogens with zero attached hydrogens (tertiary/aromatic N) is 7. The van der Waals surface area contributed by atoms with Gasteiger partial charge in [-0.25, -0.2) is 18.0 Å². The normalized spacial score (nSPS) is 10.9. The van der Waals surface area contributed by atoms with Crippen LogP contribution in [0.3, 0.4) is 0 Å². The van der Waals surface area contributed by atoms with Gasteiger partial charge in [0.2, 0.25) is 61.5 Å². The molecule has 36 heteroatoms. The summed E-state index contributed by atoms with van der Waals surface area (Å²) in [5.41, 5.74) is 9.87. The van der Waals surface area contributed by atoms with E-state index in [9.17, 15) is 69.1 Å². The van der Waals surface area contributed by atoms with Gasteiger partial charge in [-0.1, -0.05) is 135 Å². The Hall–Kier alpha value is -11.7. The van der Waals surface area contributed by atoms with Crippen LogP contribution in [0, 0.1) is 29.6 Å². The van der Waals surface area contributed by atoms with Gasteiger partial charge in [-0.15, -0.1) is 0 Å².